The number of hydrogen-bond acceptors (Lipinski definition) is 5. The van der Waals surface area contributed by atoms with E-state index in [1.165, 1.54) is 18.4 Å². The molecule has 0 atom stereocenters. The lowest BCUT2D eigenvalue weighted by Gasteiger charge is -2.14. The van der Waals surface area contributed by atoms with Gasteiger partial charge in [0, 0.05) is 18.5 Å². The zero-order valence-corrected chi connectivity index (χ0v) is 12.5. The lowest BCUT2D eigenvalue weighted by molar-refractivity contribution is 0.0656. The molecule has 0 aliphatic rings. The van der Waals surface area contributed by atoms with E-state index in [1.54, 1.807) is 0 Å². The van der Waals surface area contributed by atoms with E-state index in [-0.39, 0.29) is 11.6 Å². The number of aromatic carboxylic acids is 1. The fourth-order valence-electron chi connectivity index (χ4n) is 1.58. The number of rotatable bonds is 5. The normalized spacial score (nSPS) is 11.9. The summed E-state index contributed by atoms with van der Waals surface area (Å²) in [5, 5.41) is 10.3. The number of carbonyl (C=O) groups is 1. The summed E-state index contributed by atoms with van der Waals surface area (Å²) < 4.78 is 30.5. The van der Waals surface area contributed by atoms with Crippen LogP contribution in [0.4, 0.5) is 0 Å². The highest BCUT2D eigenvalue weighted by atomic mass is 32.2. The third-order valence-electron chi connectivity index (χ3n) is 2.79. The van der Waals surface area contributed by atoms with Gasteiger partial charge in [0.15, 0.2) is 0 Å². The lowest BCUT2D eigenvalue weighted by Crippen LogP contribution is -2.26. The molecule has 0 aliphatic heterocycles. The summed E-state index contributed by atoms with van der Waals surface area (Å²) in [4.78, 5) is 11.6. The SMILES string of the molecule is Cc1ccsc1CN(C)S(=O)(=O)c1ccc(C(=O)O)o1. The van der Waals surface area contributed by atoms with Crippen LogP contribution in [0.1, 0.15) is 21.0 Å². The minimum Gasteiger partial charge on any atom is -0.475 e. The van der Waals surface area contributed by atoms with Crippen LogP contribution in [0.2, 0.25) is 0 Å². The number of hydrogen-bond donors (Lipinski definition) is 1. The van der Waals surface area contributed by atoms with Crippen LogP contribution < -0.4 is 0 Å². The van der Waals surface area contributed by atoms with Crippen LogP contribution in [0, 0.1) is 6.92 Å². The van der Waals surface area contributed by atoms with Gasteiger partial charge in [-0.15, -0.1) is 11.3 Å². The number of sulfonamides is 1. The van der Waals surface area contributed by atoms with Gasteiger partial charge in [-0.1, -0.05) is 0 Å². The lowest BCUT2D eigenvalue weighted by atomic mass is 10.3. The van der Waals surface area contributed by atoms with Crippen molar-refractivity contribution in [3.8, 4) is 0 Å². The topological polar surface area (TPSA) is 87.8 Å². The molecule has 0 unspecified atom stereocenters. The summed E-state index contributed by atoms with van der Waals surface area (Å²) in [7, 11) is -2.41. The van der Waals surface area contributed by atoms with Crippen molar-refractivity contribution < 1.29 is 22.7 Å². The Morgan fingerprint density at radius 3 is 2.60 bits per heavy atom. The van der Waals surface area contributed by atoms with E-state index in [1.807, 2.05) is 18.4 Å². The van der Waals surface area contributed by atoms with E-state index in [0.29, 0.717) is 0 Å². The van der Waals surface area contributed by atoms with Crippen molar-refractivity contribution in [1.29, 1.82) is 0 Å². The van der Waals surface area contributed by atoms with Gasteiger partial charge in [0.25, 0.3) is 10.0 Å². The van der Waals surface area contributed by atoms with Gasteiger partial charge in [0.2, 0.25) is 10.9 Å². The van der Waals surface area contributed by atoms with Crippen LogP contribution in [-0.4, -0.2) is 30.8 Å². The van der Waals surface area contributed by atoms with E-state index in [4.69, 9.17) is 9.52 Å². The highest BCUT2D eigenvalue weighted by molar-refractivity contribution is 7.88. The van der Waals surface area contributed by atoms with Crippen molar-refractivity contribution in [2.45, 2.75) is 18.6 Å². The third kappa shape index (κ3) is 2.77. The third-order valence-corrected chi connectivity index (χ3v) is 5.48. The summed E-state index contributed by atoms with van der Waals surface area (Å²) in [6.07, 6.45) is 0. The highest BCUT2D eigenvalue weighted by Crippen LogP contribution is 2.23. The second-order valence-corrected chi connectivity index (χ2v) is 7.19. The quantitative estimate of drug-likeness (QED) is 0.913. The first kappa shape index (κ1) is 14.8. The van der Waals surface area contributed by atoms with Crippen LogP contribution in [0.25, 0.3) is 0 Å². The number of nitrogens with zero attached hydrogens (tertiary/aromatic N) is 1. The van der Waals surface area contributed by atoms with Gasteiger partial charge >= 0.3 is 5.97 Å². The van der Waals surface area contributed by atoms with Gasteiger partial charge < -0.3 is 9.52 Å². The van der Waals surface area contributed by atoms with E-state index in [0.717, 1.165) is 26.9 Å². The average molecular weight is 315 g/mol. The molecular weight excluding hydrogens is 302 g/mol. The maximum atomic E-state index is 12.2. The van der Waals surface area contributed by atoms with Crippen molar-refractivity contribution in [1.82, 2.24) is 4.31 Å². The van der Waals surface area contributed by atoms with Crippen LogP contribution in [-0.2, 0) is 16.6 Å². The predicted octanol–water partition coefficient (Wildman–Crippen LogP) is 2.17. The first-order valence-corrected chi connectivity index (χ1v) is 7.97. The summed E-state index contributed by atoms with van der Waals surface area (Å²) in [6.45, 7) is 2.12. The average Bonchev–Trinajstić information content (AvgIpc) is 2.99. The standard InChI is InChI=1S/C12H13NO5S2/c1-8-5-6-19-10(8)7-13(2)20(16,17)11-4-3-9(18-11)12(14)15/h3-6H,7H2,1-2H3,(H,14,15). The molecule has 0 aromatic carbocycles. The Morgan fingerprint density at radius 2 is 2.10 bits per heavy atom. The molecule has 8 heteroatoms. The summed E-state index contributed by atoms with van der Waals surface area (Å²) >= 11 is 1.47. The molecule has 2 rings (SSSR count). The van der Waals surface area contributed by atoms with Gasteiger partial charge in [-0.3, -0.25) is 0 Å². The van der Waals surface area contributed by atoms with Gasteiger partial charge in [-0.05, 0) is 36.1 Å². The molecule has 20 heavy (non-hydrogen) atoms. The summed E-state index contributed by atoms with van der Waals surface area (Å²) in [6, 6.07) is 4.19. The molecule has 2 aromatic heterocycles. The zero-order valence-electron chi connectivity index (χ0n) is 10.9. The number of furan rings is 1. The first-order chi connectivity index (χ1) is 9.32. The Kier molecular flexibility index (Phi) is 3.98. The monoisotopic (exact) mass is 315 g/mol. The Bertz CT molecular complexity index is 729. The fourth-order valence-corrected chi connectivity index (χ4v) is 3.66. The number of carboxylic acids is 1. The molecule has 6 nitrogen and oxygen atoms in total. The van der Waals surface area contributed by atoms with E-state index in [2.05, 4.69) is 0 Å². The number of thiophene rings is 1. The molecule has 0 spiro atoms. The molecule has 0 saturated carbocycles. The van der Waals surface area contributed by atoms with E-state index >= 15 is 0 Å². The smallest absolute Gasteiger partial charge is 0.371 e. The molecule has 0 fully saturated rings. The number of aryl methyl sites for hydroxylation is 1. The molecule has 0 aliphatic carbocycles. The zero-order chi connectivity index (χ0) is 14.9. The van der Waals surface area contributed by atoms with Crippen LogP contribution in [0.15, 0.2) is 33.1 Å². The molecule has 0 radical (unpaired) electrons. The highest BCUT2D eigenvalue weighted by Gasteiger charge is 2.26. The summed E-state index contributed by atoms with van der Waals surface area (Å²) in [5.41, 5.74) is 1.02. The maximum Gasteiger partial charge on any atom is 0.371 e. The molecule has 0 bridgehead atoms. The maximum absolute atomic E-state index is 12.2. The number of carboxylic acid groups (broad SMARTS) is 1. The van der Waals surface area contributed by atoms with E-state index < -0.39 is 21.8 Å². The Balaban J connectivity index is 2.25. The first-order valence-electron chi connectivity index (χ1n) is 5.65. The molecule has 108 valence electrons. The molecule has 1 N–H and O–H groups in total. The Labute approximate surface area is 120 Å². The van der Waals surface area contributed by atoms with Crippen LogP contribution in [0.3, 0.4) is 0 Å². The van der Waals surface area contributed by atoms with Gasteiger partial charge in [-0.2, -0.15) is 4.31 Å². The van der Waals surface area contributed by atoms with Crippen molar-refractivity contribution >= 4 is 27.3 Å². The van der Waals surface area contributed by atoms with E-state index in [9.17, 15) is 13.2 Å². The van der Waals surface area contributed by atoms with Crippen molar-refractivity contribution in [2.75, 3.05) is 7.05 Å². The van der Waals surface area contributed by atoms with Crippen LogP contribution >= 0.6 is 11.3 Å². The van der Waals surface area contributed by atoms with Gasteiger partial charge in [0.05, 0.1) is 0 Å². The second-order valence-electron chi connectivity index (χ2n) is 4.21. The summed E-state index contributed by atoms with van der Waals surface area (Å²) in [5.74, 6) is -1.70. The minimum atomic E-state index is -3.83. The van der Waals surface area contributed by atoms with Crippen molar-refractivity contribution in [3.05, 3.63) is 39.8 Å². The Hall–Kier alpha value is -1.64. The van der Waals surface area contributed by atoms with Crippen molar-refractivity contribution in [2.24, 2.45) is 0 Å². The minimum absolute atomic E-state index is 0.217. The van der Waals surface area contributed by atoms with Gasteiger partial charge in [0.1, 0.15) is 0 Å². The second kappa shape index (κ2) is 5.39. The van der Waals surface area contributed by atoms with Gasteiger partial charge in [-0.25, -0.2) is 13.2 Å². The molecule has 0 amide bonds. The largest absolute Gasteiger partial charge is 0.475 e. The molecule has 2 aromatic rings. The predicted molar refractivity (Wildman–Crippen MR) is 73.4 cm³/mol. The van der Waals surface area contributed by atoms with Crippen LogP contribution in [0.5, 0.6) is 0 Å². The fraction of sp³-hybridized carbons (Fsp3) is 0.250. The van der Waals surface area contributed by atoms with Crippen molar-refractivity contribution in [3.63, 3.8) is 0 Å². The molecule has 0 saturated heterocycles. The molecular formula is C12H13NO5S2. The molecule has 2 heterocycles. The Morgan fingerprint density at radius 1 is 1.40 bits per heavy atom.